The Morgan fingerprint density at radius 3 is 2.00 bits per heavy atom. The van der Waals surface area contributed by atoms with Crippen LogP contribution in [0.3, 0.4) is 0 Å². The topological polar surface area (TPSA) is 48.6 Å². The van der Waals surface area contributed by atoms with Gasteiger partial charge in [0.1, 0.15) is 6.29 Å². The van der Waals surface area contributed by atoms with Gasteiger partial charge in [0, 0.05) is 5.71 Å². The second kappa shape index (κ2) is 11.1. The molecular weight excluding hydrogens is 200 g/mol. The zero-order chi connectivity index (χ0) is 12.3. The van der Waals surface area contributed by atoms with Crippen molar-refractivity contribution in [3.8, 4) is 36.0 Å². The van der Waals surface area contributed by atoms with E-state index in [2.05, 4.69) is 36.2 Å². The highest BCUT2D eigenvalue weighted by atomic mass is 16.1. The van der Waals surface area contributed by atoms with Crippen LogP contribution in [-0.4, -0.2) is 11.8 Å². The molecule has 0 aromatic rings. The Bertz CT molecular complexity index is 382. The Labute approximate surface area is 104 Å². The van der Waals surface area contributed by atoms with E-state index < -0.39 is 0 Å². The normalized spacial score (nSPS) is 6.94. The summed E-state index contributed by atoms with van der Waals surface area (Å²) in [7, 11) is 0. The number of hydrogen-bond acceptors (Lipinski definition) is 1. The van der Waals surface area contributed by atoms with Crippen molar-refractivity contribution >= 4 is 6.29 Å². The highest BCUT2D eigenvalue weighted by molar-refractivity contribution is 5.73. The fraction of sp³-hybridized carbons (Fsp3) is 0.357. The van der Waals surface area contributed by atoms with Gasteiger partial charge in [0.2, 0.25) is 0 Å². The van der Waals surface area contributed by atoms with Gasteiger partial charge in [-0.1, -0.05) is 33.3 Å². The summed E-state index contributed by atoms with van der Waals surface area (Å²) in [6, 6.07) is 0. The summed E-state index contributed by atoms with van der Waals surface area (Å²) in [6.45, 7) is 11.2. The predicted molar refractivity (Wildman–Crippen MR) is 76.8 cm³/mol. The molecule has 0 amide bonds. The lowest BCUT2D eigenvalue weighted by atomic mass is 9.89. The van der Waals surface area contributed by atoms with Crippen molar-refractivity contribution in [2.24, 2.45) is 5.41 Å². The molecule has 0 bridgehead atoms. The molecule has 0 saturated carbocycles. The summed E-state index contributed by atoms with van der Waals surface area (Å²) < 4.78 is 0. The third-order valence-electron chi connectivity index (χ3n) is 1.43. The third kappa shape index (κ3) is 14.6. The van der Waals surface area contributed by atoms with Gasteiger partial charge < -0.3 is 5.48 Å². The van der Waals surface area contributed by atoms with E-state index in [4.69, 9.17) is 6.42 Å². The lowest BCUT2D eigenvalue weighted by Gasteiger charge is -2.15. The van der Waals surface area contributed by atoms with E-state index in [-0.39, 0.29) is 16.6 Å². The minimum Gasteiger partial charge on any atom is -0.412 e. The lowest BCUT2D eigenvalue weighted by molar-refractivity contribution is -0.105. The van der Waals surface area contributed by atoms with Crippen LogP contribution in [0, 0.1) is 41.4 Å². The van der Waals surface area contributed by atoms with Gasteiger partial charge in [0.15, 0.2) is 0 Å². The van der Waals surface area contributed by atoms with E-state index in [9.17, 15) is 4.79 Å². The zero-order valence-corrected chi connectivity index (χ0v) is 10.3. The molecule has 0 aromatic heterocycles. The Morgan fingerprint density at radius 1 is 1.31 bits per heavy atom. The highest BCUT2D eigenvalue weighted by Crippen LogP contribution is 2.20. The van der Waals surface area contributed by atoms with E-state index in [0.29, 0.717) is 5.57 Å². The van der Waals surface area contributed by atoms with Crippen LogP contribution in [0.1, 0.15) is 33.4 Å². The van der Waals surface area contributed by atoms with Crippen molar-refractivity contribution in [2.45, 2.75) is 27.7 Å². The van der Waals surface area contributed by atoms with Crippen LogP contribution in [-0.2, 0) is 4.79 Å². The molecule has 0 atom stereocenters. The first kappa shape index (κ1) is 19.6. The van der Waals surface area contributed by atoms with E-state index in [0.717, 1.165) is 6.29 Å². The van der Waals surface area contributed by atoms with Gasteiger partial charge in [-0.25, -0.2) is 0 Å². The predicted octanol–water partition coefficient (Wildman–Crippen LogP) is 2.59. The van der Waals surface area contributed by atoms with E-state index in [1.807, 2.05) is 20.8 Å². The molecule has 0 aliphatic rings. The SMILES string of the molecule is C#CC#CC#CC.C=C(C=O)C(C)(C)C.O.[HH].[HH].[HH].[HH]. The van der Waals surface area contributed by atoms with Crippen molar-refractivity contribution < 1.29 is 16.0 Å². The maximum absolute atomic E-state index is 10.1. The highest BCUT2D eigenvalue weighted by Gasteiger charge is 2.12. The van der Waals surface area contributed by atoms with Gasteiger partial charge in [-0.05, 0) is 41.6 Å². The Kier molecular flexibility index (Phi) is 13.6. The standard InChI is InChI=1S/C7H12O.C7H4.H2O.4H2/c1-6(5-8)7(2,3)4;1-3-5-7-6-4-2;;;;;/h5H,1H2,2-4H3;1H,2H3;1H2;4*1H. The molecule has 16 heavy (non-hydrogen) atoms. The summed E-state index contributed by atoms with van der Waals surface area (Å²) in [4.78, 5) is 10.1. The molecule has 2 heteroatoms. The number of terminal acetylenes is 1. The number of rotatable bonds is 1. The molecule has 0 fully saturated rings. The molecule has 0 saturated heterocycles. The molecule has 0 rings (SSSR count). The van der Waals surface area contributed by atoms with E-state index in [1.54, 1.807) is 6.92 Å². The molecule has 94 valence electrons. The third-order valence-corrected chi connectivity index (χ3v) is 1.43. The van der Waals surface area contributed by atoms with Crippen LogP contribution in [0.2, 0.25) is 0 Å². The first-order chi connectivity index (χ1) is 6.90. The number of allylic oxidation sites excluding steroid dienone is 1. The monoisotopic (exact) mass is 226 g/mol. The van der Waals surface area contributed by atoms with Gasteiger partial charge in [0.25, 0.3) is 0 Å². The van der Waals surface area contributed by atoms with Crippen molar-refractivity contribution in [1.29, 1.82) is 0 Å². The fourth-order valence-corrected chi connectivity index (χ4v) is 0.307. The summed E-state index contributed by atoms with van der Waals surface area (Å²) >= 11 is 0. The van der Waals surface area contributed by atoms with E-state index in [1.165, 1.54) is 0 Å². The average molecular weight is 226 g/mol. The van der Waals surface area contributed by atoms with Crippen LogP contribution in [0.5, 0.6) is 0 Å². The molecule has 0 aromatic carbocycles. The Balaban J connectivity index is -0.0000000272. The van der Waals surface area contributed by atoms with E-state index >= 15 is 0 Å². The average Bonchev–Trinajstić information content (AvgIpc) is 2.17. The number of carbonyl (C=O) groups is 1. The first-order valence-electron chi connectivity index (χ1n) is 4.42. The van der Waals surface area contributed by atoms with Crippen molar-refractivity contribution in [2.75, 3.05) is 0 Å². The second-order valence-electron chi connectivity index (χ2n) is 3.66. The van der Waals surface area contributed by atoms with Crippen LogP contribution in [0.4, 0.5) is 0 Å². The second-order valence-corrected chi connectivity index (χ2v) is 3.66. The summed E-state index contributed by atoms with van der Waals surface area (Å²) in [5, 5.41) is 0. The van der Waals surface area contributed by atoms with Crippen LogP contribution in [0.25, 0.3) is 0 Å². The molecule has 0 unspecified atom stereocenters. The molecule has 0 spiro atoms. The molecule has 0 aliphatic heterocycles. The molecule has 0 heterocycles. The molecule has 2 nitrogen and oxygen atoms in total. The van der Waals surface area contributed by atoms with Gasteiger partial charge >= 0.3 is 0 Å². The smallest absolute Gasteiger partial charge is 0.145 e. The van der Waals surface area contributed by atoms with Crippen molar-refractivity contribution in [1.82, 2.24) is 0 Å². The minimum atomic E-state index is -0.0538. The van der Waals surface area contributed by atoms with Crippen molar-refractivity contribution in [3.05, 3.63) is 12.2 Å². The lowest BCUT2D eigenvalue weighted by Crippen LogP contribution is -2.08. The maximum Gasteiger partial charge on any atom is 0.145 e. The number of carbonyl (C=O) groups excluding carboxylic acids is 1. The van der Waals surface area contributed by atoms with Gasteiger partial charge in [0.05, 0.1) is 0 Å². The number of aldehydes is 1. The maximum atomic E-state index is 10.1. The summed E-state index contributed by atoms with van der Waals surface area (Å²) in [5.41, 5.74) is 0.597. The Morgan fingerprint density at radius 2 is 1.81 bits per heavy atom. The first-order valence-corrected chi connectivity index (χ1v) is 4.42. The van der Waals surface area contributed by atoms with Crippen molar-refractivity contribution in [3.63, 3.8) is 0 Å². The van der Waals surface area contributed by atoms with Gasteiger partial charge in [-0.3, -0.25) is 4.79 Å². The van der Waals surface area contributed by atoms with Crippen LogP contribution >= 0.6 is 0 Å². The quantitative estimate of drug-likeness (QED) is 0.385. The summed E-state index contributed by atoms with van der Waals surface area (Å²) in [5.74, 6) is 12.0. The van der Waals surface area contributed by atoms with Crippen LogP contribution < -0.4 is 0 Å². The molecule has 2 N–H and O–H groups in total. The van der Waals surface area contributed by atoms with Crippen LogP contribution in [0.15, 0.2) is 12.2 Å². The van der Waals surface area contributed by atoms with Gasteiger partial charge in [-0.2, -0.15) is 0 Å². The zero-order valence-electron chi connectivity index (χ0n) is 10.3. The minimum absolute atomic E-state index is 0. The Hall–Kier alpha value is -1.95. The van der Waals surface area contributed by atoms with Gasteiger partial charge in [-0.15, -0.1) is 6.42 Å². The molecular formula is C14H26O2. The number of hydrogen-bond donors (Lipinski definition) is 0. The fourth-order valence-electron chi connectivity index (χ4n) is 0.307. The molecule has 0 radical (unpaired) electrons. The molecule has 0 aliphatic carbocycles. The largest absolute Gasteiger partial charge is 0.412 e. The summed E-state index contributed by atoms with van der Waals surface area (Å²) in [6.07, 6.45) is 5.58.